The molecule has 1 N–H and O–H groups in total. The second kappa shape index (κ2) is 5.02. The molecule has 0 aliphatic carbocycles. The van der Waals surface area contributed by atoms with Crippen LogP contribution in [-0.2, 0) is 6.18 Å². The molecule has 114 valence electrons. The van der Waals surface area contributed by atoms with Crippen LogP contribution in [0.1, 0.15) is 35.8 Å². The predicted molar refractivity (Wildman–Crippen MR) is 75.3 cm³/mol. The number of halogens is 3. The van der Waals surface area contributed by atoms with Crippen LogP contribution in [0.4, 0.5) is 13.2 Å². The van der Waals surface area contributed by atoms with Gasteiger partial charge in [0, 0.05) is 6.04 Å². The van der Waals surface area contributed by atoms with Gasteiger partial charge in [0.1, 0.15) is 0 Å². The Labute approximate surface area is 121 Å². The summed E-state index contributed by atoms with van der Waals surface area (Å²) >= 11 is 0. The van der Waals surface area contributed by atoms with Crippen LogP contribution in [0.2, 0.25) is 0 Å². The molecule has 6 heteroatoms. The summed E-state index contributed by atoms with van der Waals surface area (Å²) in [4.78, 5) is 3.88. The van der Waals surface area contributed by atoms with Crippen molar-refractivity contribution in [2.45, 2.75) is 38.9 Å². The molecule has 0 spiro atoms. The minimum Gasteiger partial charge on any atom is -0.317 e. The average Bonchev–Trinajstić information content (AvgIpc) is 2.79. The van der Waals surface area contributed by atoms with Crippen molar-refractivity contribution < 1.29 is 13.2 Å². The molecule has 1 aromatic heterocycles. The molecule has 1 saturated heterocycles. The molecule has 0 radical (unpaired) electrons. The van der Waals surface area contributed by atoms with E-state index in [1.165, 1.54) is 4.57 Å². The fourth-order valence-electron chi connectivity index (χ4n) is 2.98. The van der Waals surface area contributed by atoms with E-state index in [0.717, 1.165) is 24.2 Å². The van der Waals surface area contributed by atoms with Crippen molar-refractivity contribution in [3.05, 3.63) is 29.1 Å². The summed E-state index contributed by atoms with van der Waals surface area (Å²) in [6.45, 7) is 5.30. The fraction of sp³-hybridized carbons (Fsp3) is 0.533. The number of benzene rings is 1. The highest BCUT2D eigenvalue weighted by atomic mass is 19.4. The molecular weight excluding hydrogens is 279 g/mol. The van der Waals surface area contributed by atoms with Gasteiger partial charge in [-0.3, -0.25) is 0 Å². The molecule has 21 heavy (non-hydrogen) atoms. The van der Waals surface area contributed by atoms with Gasteiger partial charge in [-0.2, -0.15) is 13.2 Å². The minimum absolute atomic E-state index is 0.144. The van der Waals surface area contributed by atoms with Crippen LogP contribution in [-0.4, -0.2) is 22.6 Å². The lowest BCUT2D eigenvalue weighted by molar-refractivity contribution is -0.147. The number of nitrogens with one attached hydrogen (secondary N) is 1. The molecule has 1 fully saturated rings. The highest BCUT2D eigenvalue weighted by molar-refractivity contribution is 5.78. The molecule has 0 atom stereocenters. The number of fused-ring (bicyclic) bond motifs is 1. The van der Waals surface area contributed by atoms with E-state index in [2.05, 4.69) is 10.3 Å². The molecule has 2 aromatic rings. The number of aromatic nitrogens is 2. The van der Waals surface area contributed by atoms with Gasteiger partial charge in [0.25, 0.3) is 0 Å². The standard InChI is InChI=1S/C15H18F3N3/c1-9-7-12-13(8-10(9)2)21(11-3-5-19-6-4-11)14(20-12)15(16,17)18/h7-8,11,19H,3-6H2,1-2H3. The van der Waals surface area contributed by atoms with Crippen LogP contribution in [0.15, 0.2) is 12.1 Å². The van der Waals surface area contributed by atoms with E-state index in [0.29, 0.717) is 23.9 Å². The lowest BCUT2D eigenvalue weighted by Crippen LogP contribution is -2.31. The fourth-order valence-corrected chi connectivity index (χ4v) is 2.98. The van der Waals surface area contributed by atoms with Crippen LogP contribution in [0, 0.1) is 13.8 Å². The SMILES string of the molecule is Cc1cc2nc(C(F)(F)F)n(C3CCNCC3)c2cc1C. The summed E-state index contributed by atoms with van der Waals surface area (Å²) in [5.41, 5.74) is 2.98. The minimum atomic E-state index is -4.42. The van der Waals surface area contributed by atoms with Crippen molar-refractivity contribution in [2.75, 3.05) is 13.1 Å². The number of hydrogen-bond donors (Lipinski definition) is 1. The smallest absolute Gasteiger partial charge is 0.317 e. The van der Waals surface area contributed by atoms with E-state index in [4.69, 9.17) is 0 Å². The molecule has 0 unspecified atom stereocenters. The van der Waals surface area contributed by atoms with Crippen molar-refractivity contribution in [2.24, 2.45) is 0 Å². The summed E-state index contributed by atoms with van der Waals surface area (Å²) < 4.78 is 41.4. The maximum Gasteiger partial charge on any atom is 0.449 e. The highest BCUT2D eigenvalue weighted by Gasteiger charge is 2.39. The summed E-state index contributed by atoms with van der Waals surface area (Å²) in [5, 5.41) is 3.19. The van der Waals surface area contributed by atoms with Crippen molar-refractivity contribution in [1.82, 2.24) is 14.9 Å². The Morgan fingerprint density at radius 2 is 1.76 bits per heavy atom. The molecule has 0 bridgehead atoms. The van der Waals surface area contributed by atoms with Crippen LogP contribution < -0.4 is 5.32 Å². The first-order valence-corrected chi connectivity index (χ1v) is 7.15. The molecule has 2 heterocycles. The maximum atomic E-state index is 13.3. The van der Waals surface area contributed by atoms with Gasteiger partial charge in [-0.15, -0.1) is 0 Å². The normalized spacial score (nSPS) is 17.6. The number of nitrogens with zero attached hydrogens (tertiary/aromatic N) is 2. The van der Waals surface area contributed by atoms with E-state index < -0.39 is 12.0 Å². The first-order chi connectivity index (χ1) is 9.88. The summed E-state index contributed by atoms with van der Waals surface area (Å²) in [6.07, 6.45) is -3.03. The van der Waals surface area contributed by atoms with Crippen molar-refractivity contribution in [1.29, 1.82) is 0 Å². The van der Waals surface area contributed by atoms with Crippen LogP contribution in [0.3, 0.4) is 0 Å². The lowest BCUT2D eigenvalue weighted by Gasteiger charge is -2.26. The zero-order chi connectivity index (χ0) is 15.2. The molecule has 1 aliphatic heterocycles. The molecule has 1 aliphatic rings. The first kappa shape index (κ1) is 14.4. The van der Waals surface area contributed by atoms with Gasteiger partial charge in [0.2, 0.25) is 5.82 Å². The van der Waals surface area contributed by atoms with E-state index in [1.807, 2.05) is 19.9 Å². The predicted octanol–water partition coefficient (Wildman–Crippen LogP) is 3.60. The van der Waals surface area contributed by atoms with Crippen molar-refractivity contribution in [3.8, 4) is 0 Å². The Morgan fingerprint density at radius 1 is 1.14 bits per heavy atom. The zero-order valence-electron chi connectivity index (χ0n) is 12.1. The number of piperidine rings is 1. The van der Waals surface area contributed by atoms with Crippen LogP contribution in [0.25, 0.3) is 11.0 Å². The van der Waals surface area contributed by atoms with Gasteiger partial charge in [-0.05, 0) is 63.0 Å². The Balaban J connectivity index is 2.24. The maximum absolute atomic E-state index is 13.3. The number of rotatable bonds is 1. The Bertz CT molecular complexity index is 667. The Kier molecular flexibility index (Phi) is 3.43. The third kappa shape index (κ3) is 2.52. The molecular formula is C15H18F3N3. The van der Waals surface area contributed by atoms with E-state index in [1.54, 1.807) is 6.07 Å². The number of aryl methyl sites for hydroxylation is 2. The monoisotopic (exact) mass is 297 g/mol. The van der Waals surface area contributed by atoms with Gasteiger partial charge in [-0.1, -0.05) is 0 Å². The molecule has 0 amide bonds. The van der Waals surface area contributed by atoms with Crippen molar-refractivity contribution >= 4 is 11.0 Å². The molecule has 3 nitrogen and oxygen atoms in total. The number of hydrogen-bond acceptors (Lipinski definition) is 2. The topological polar surface area (TPSA) is 29.9 Å². The number of alkyl halides is 3. The third-order valence-electron chi connectivity index (χ3n) is 4.23. The van der Waals surface area contributed by atoms with Crippen LogP contribution in [0.5, 0.6) is 0 Å². The van der Waals surface area contributed by atoms with Gasteiger partial charge >= 0.3 is 6.18 Å². The summed E-state index contributed by atoms with van der Waals surface area (Å²) in [5.74, 6) is -0.769. The molecule has 3 rings (SSSR count). The largest absolute Gasteiger partial charge is 0.449 e. The van der Waals surface area contributed by atoms with Gasteiger partial charge in [-0.25, -0.2) is 4.98 Å². The quantitative estimate of drug-likeness (QED) is 0.871. The van der Waals surface area contributed by atoms with E-state index in [9.17, 15) is 13.2 Å². The molecule has 1 aromatic carbocycles. The van der Waals surface area contributed by atoms with Crippen molar-refractivity contribution in [3.63, 3.8) is 0 Å². The number of imidazole rings is 1. The van der Waals surface area contributed by atoms with E-state index in [-0.39, 0.29) is 6.04 Å². The second-order valence-corrected chi connectivity index (χ2v) is 5.71. The van der Waals surface area contributed by atoms with E-state index >= 15 is 0 Å². The average molecular weight is 297 g/mol. The summed E-state index contributed by atoms with van der Waals surface area (Å²) in [7, 11) is 0. The summed E-state index contributed by atoms with van der Waals surface area (Å²) in [6, 6.07) is 3.43. The Morgan fingerprint density at radius 3 is 2.38 bits per heavy atom. The van der Waals surface area contributed by atoms with Gasteiger partial charge in [0.15, 0.2) is 0 Å². The third-order valence-corrected chi connectivity index (χ3v) is 4.23. The van der Waals surface area contributed by atoms with Gasteiger partial charge in [0.05, 0.1) is 11.0 Å². The van der Waals surface area contributed by atoms with Crippen LogP contribution >= 0.6 is 0 Å². The lowest BCUT2D eigenvalue weighted by atomic mass is 10.0. The Hall–Kier alpha value is -1.56. The second-order valence-electron chi connectivity index (χ2n) is 5.71. The van der Waals surface area contributed by atoms with Gasteiger partial charge < -0.3 is 9.88 Å². The first-order valence-electron chi connectivity index (χ1n) is 7.15. The zero-order valence-corrected chi connectivity index (χ0v) is 12.1. The molecule has 0 saturated carbocycles. The highest BCUT2D eigenvalue weighted by Crippen LogP contribution is 2.36.